The Morgan fingerprint density at radius 1 is 1.17 bits per heavy atom. The molecule has 0 saturated carbocycles. The fourth-order valence-electron chi connectivity index (χ4n) is 4.54. The molecule has 210 valence electrons. The van der Waals surface area contributed by atoms with Gasteiger partial charge in [0.15, 0.2) is 5.75 Å². The first kappa shape index (κ1) is 31.0. The molecule has 2 aliphatic rings. The van der Waals surface area contributed by atoms with Crippen molar-refractivity contribution in [3.63, 3.8) is 0 Å². The van der Waals surface area contributed by atoms with Crippen molar-refractivity contribution in [1.29, 1.82) is 0 Å². The second-order valence-electron chi connectivity index (χ2n) is 9.12. The molecule has 0 radical (unpaired) electrons. The summed E-state index contributed by atoms with van der Waals surface area (Å²) in [6, 6.07) is 9.12. The normalized spacial score (nSPS) is 18.2. The molecule has 0 bridgehead atoms. The number of carboxylic acid groups (broad SMARTS) is 1. The smallest absolute Gasteiger partial charge is 0.543 e. The number of hydrogen-bond donors (Lipinski definition) is 3. The summed E-state index contributed by atoms with van der Waals surface area (Å²) in [6.45, 7) is 0.863. The number of hydrogen-bond acceptors (Lipinski definition) is 11. The van der Waals surface area contributed by atoms with Gasteiger partial charge in [-0.3, -0.25) is 34.0 Å². The molecule has 13 nitrogen and oxygen atoms in total. The van der Waals surface area contributed by atoms with Crippen LogP contribution >= 0.6 is 11.8 Å². The van der Waals surface area contributed by atoms with Gasteiger partial charge in [0.25, 0.3) is 11.8 Å². The van der Waals surface area contributed by atoms with Gasteiger partial charge in [-0.25, -0.2) is 0 Å². The Balaban J connectivity index is 0.00000405. The number of pyridine rings is 2. The second-order valence-corrected chi connectivity index (χ2v) is 10.2. The summed E-state index contributed by atoms with van der Waals surface area (Å²) < 4.78 is 4.91. The first-order valence-electron chi connectivity index (χ1n) is 12.3. The minimum Gasteiger partial charge on any atom is -0.543 e. The van der Waals surface area contributed by atoms with E-state index in [1.54, 1.807) is 42.5 Å². The fraction of sp³-hybridized carbons (Fsp3) is 0.222. The summed E-state index contributed by atoms with van der Waals surface area (Å²) in [7, 11) is 0. The Kier molecular flexibility index (Phi) is 9.51. The Labute approximate surface area is 265 Å². The SMILES string of the molecule is CC(=O)OCC1=C(C(=O)[O-])N2C(=O)[C@@H](NC(=O)C(NC(=O)c3cnc4cccnc4c3O)c3ccccc3)[C@H]2SC1.[Na+]. The van der Waals surface area contributed by atoms with Crippen LogP contribution in [0.5, 0.6) is 5.75 Å². The molecular formula is C27H22N5NaO8S. The summed E-state index contributed by atoms with van der Waals surface area (Å²) in [5, 5.41) is 27.0. The maximum absolute atomic E-state index is 13.5. The van der Waals surface area contributed by atoms with Crippen LogP contribution in [0.25, 0.3) is 11.0 Å². The number of rotatable bonds is 8. The van der Waals surface area contributed by atoms with Crippen molar-refractivity contribution in [2.45, 2.75) is 24.4 Å². The van der Waals surface area contributed by atoms with E-state index in [1.165, 1.54) is 31.1 Å². The number of carbonyl (C=O) groups is 5. The number of aromatic nitrogens is 2. The molecule has 4 heterocycles. The van der Waals surface area contributed by atoms with Crippen LogP contribution < -0.4 is 45.3 Å². The molecule has 3 amide bonds. The molecule has 3 N–H and O–H groups in total. The van der Waals surface area contributed by atoms with Crippen LogP contribution in [-0.4, -0.2) is 73.4 Å². The standard InChI is InChI=1S/C27H23N5O8S.Na/c1-13(33)40-11-15-12-41-26-20(25(37)32(26)21(15)27(38)39)31-24(36)18(14-6-3-2-4-7-14)30-23(35)16-10-29-17-8-5-9-28-19(17)22(16)34;/h2-10,18,20,26H,11-12H2,1H3,(H,29,34)(H,30,35)(H,31,36)(H,38,39);/q;+1/p-1/t18?,20-,26-;/m1./s1. The Hall–Kier alpha value is -3.98. The maximum Gasteiger partial charge on any atom is 1.00 e. The number of esters is 1. The predicted octanol–water partition coefficient (Wildman–Crippen LogP) is -3.22. The number of thioether (sulfide) groups is 1. The Morgan fingerprint density at radius 3 is 2.60 bits per heavy atom. The van der Waals surface area contributed by atoms with Crippen molar-refractivity contribution in [1.82, 2.24) is 25.5 Å². The van der Waals surface area contributed by atoms with E-state index in [0.717, 1.165) is 4.90 Å². The topological polar surface area (TPSA) is 191 Å². The zero-order valence-electron chi connectivity index (χ0n) is 22.4. The van der Waals surface area contributed by atoms with Gasteiger partial charge in [0, 0.05) is 30.6 Å². The molecule has 1 aromatic carbocycles. The minimum atomic E-state index is -1.61. The molecule has 1 saturated heterocycles. The van der Waals surface area contributed by atoms with Crippen molar-refractivity contribution in [2.75, 3.05) is 12.4 Å². The summed E-state index contributed by atoms with van der Waals surface area (Å²) in [6.07, 6.45) is 2.61. The van der Waals surface area contributed by atoms with Crippen molar-refractivity contribution < 1.29 is 68.5 Å². The first-order valence-corrected chi connectivity index (χ1v) is 13.3. The number of benzene rings is 1. The third-order valence-electron chi connectivity index (χ3n) is 6.50. The third-order valence-corrected chi connectivity index (χ3v) is 7.84. The van der Waals surface area contributed by atoms with Crippen LogP contribution in [0.2, 0.25) is 0 Å². The number of nitrogens with one attached hydrogen (secondary N) is 2. The van der Waals surface area contributed by atoms with Crippen molar-refractivity contribution in [3.8, 4) is 5.75 Å². The minimum absolute atomic E-state index is 0. The van der Waals surface area contributed by atoms with E-state index in [4.69, 9.17) is 4.74 Å². The van der Waals surface area contributed by atoms with Gasteiger partial charge >= 0.3 is 35.5 Å². The van der Waals surface area contributed by atoms with E-state index in [1.807, 2.05) is 0 Å². The summed E-state index contributed by atoms with van der Waals surface area (Å²) in [5.74, 6) is -4.75. The van der Waals surface area contributed by atoms with Crippen LogP contribution in [-0.2, 0) is 23.9 Å². The molecule has 2 aromatic heterocycles. The first-order chi connectivity index (χ1) is 19.7. The summed E-state index contributed by atoms with van der Waals surface area (Å²) in [4.78, 5) is 72.0. The number of nitrogens with zero attached hydrogens (tertiary/aromatic N) is 3. The van der Waals surface area contributed by atoms with Gasteiger partial charge in [0.2, 0.25) is 5.91 Å². The van der Waals surface area contributed by atoms with Crippen molar-refractivity contribution >= 4 is 52.5 Å². The van der Waals surface area contributed by atoms with E-state index in [2.05, 4.69) is 20.6 Å². The molecule has 1 fully saturated rings. The van der Waals surface area contributed by atoms with Gasteiger partial charge in [-0.2, -0.15) is 0 Å². The molecular weight excluding hydrogens is 577 g/mol. The van der Waals surface area contributed by atoms with Crippen LogP contribution in [0.1, 0.15) is 28.9 Å². The zero-order valence-corrected chi connectivity index (χ0v) is 25.2. The number of ether oxygens (including phenoxy) is 1. The zero-order chi connectivity index (χ0) is 29.3. The number of amides is 3. The second kappa shape index (κ2) is 12.9. The monoisotopic (exact) mass is 599 g/mol. The molecule has 15 heteroatoms. The molecule has 0 spiro atoms. The molecule has 3 aromatic rings. The average molecular weight is 600 g/mol. The fourth-order valence-corrected chi connectivity index (χ4v) is 5.86. The van der Waals surface area contributed by atoms with Gasteiger partial charge in [-0.15, -0.1) is 11.8 Å². The van der Waals surface area contributed by atoms with Crippen molar-refractivity contribution in [3.05, 3.63) is 77.3 Å². The molecule has 2 aliphatic heterocycles. The van der Waals surface area contributed by atoms with Gasteiger partial charge in [-0.05, 0) is 17.7 Å². The molecule has 0 aliphatic carbocycles. The Morgan fingerprint density at radius 2 is 1.90 bits per heavy atom. The number of β-lactam (4-membered cyclic amide) rings is 1. The van der Waals surface area contributed by atoms with Crippen LogP contribution in [0.4, 0.5) is 0 Å². The van der Waals surface area contributed by atoms with Crippen LogP contribution in [0.15, 0.2) is 66.1 Å². The van der Waals surface area contributed by atoms with Gasteiger partial charge in [0.05, 0.1) is 17.2 Å². The van der Waals surface area contributed by atoms with Crippen LogP contribution in [0, 0.1) is 0 Å². The van der Waals surface area contributed by atoms with Crippen molar-refractivity contribution in [2.24, 2.45) is 0 Å². The predicted molar refractivity (Wildman–Crippen MR) is 142 cm³/mol. The molecule has 5 rings (SSSR count). The average Bonchev–Trinajstić information content (AvgIpc) is 2.97. The van der Waals surface area contributed by atoms with Crippen LogP contribution in [0.3, 0.4) is 0 Å². The third kappa shape index (κ3) is 5.97. The number of carbonyl (C=O) groups excluding carboxylic acids is 5. The van der Waals surface area contributed by atoms with E-state index >= 15 is 0 Å². The van der Waals surface area contributed by atoms with Gasteiger partial charge in [0.1, 0.15) is 35.1 Å². The number of aromatic hydroxyl groups is 1. The number of carboxylic acids is 1. The molecule has 3 atom stereocenters. The maximum atomic E-state index is 13.5. The van der Waals surface area contributed by atoms with E-state index < -0.39 is 58.6 Å². The van der Waals surface area contributed by atoms with E-state index in [-0.39, 0.29) is 58.6 Å². The number of aliphatic carboxylic acids is 1. The van der Waals surface area contributed by atoms with Gasteiger partial charge in [-0.1, -0.05) is 30.3 Å². The van der Waals surface area contributed by atoms with E-state index in [0.29, 0.717) is 11.1 Å². The largest absolute Gasteiger partial charge is 1.00 e. The molecule has 42 heavy (non-hydrogen) atoms. The summed E-state index contributed by atoms with van der Waals surface area (Å²) >= 11 is 1.18. The number of fused-ring (bicyclic) bond motifs is 2. The van der Waals surface area contributed by atoms with E-state index in [9.17, 15) is 34.2 Å². The van der Waals surface area contributed by atoms with Gasteiger partial charge < -0.3 is 30.4 Å². The summed E-state index contributed by atoms with van der Waals surface area (Å²) in [5.41, 5.74) is 0.475. The molecule has 1 unspecified atom stereocenters. The Bertz CT molecular complexity index is 1620. The quantitative estimate of drug-likeness (QED) is 0.134.